The van der Waals surface area contributed by atoms with E-state index >= 15 is 0 Å². The number of para-hydroxylation sites is 1. The van der Waals surface area contributed by atoms with Gasteiger partial charge in [-0.1, -0.05) is 30.4 Å². The topological polar surface area (TPSA) is 33.5 Å². The third kappa shape index (κ3) is 2.69. The van der Waals surface area contributed by atoms with Gasteiger partial charge in [-0.25, -0.2) is 0 Å². The Hall–Kier alpha value is -2.13. The molecule has 0 spiro atoms. The van der Waals surface area contributed by atoms with E-state index in [1.54, 1.807) is 0 Å². The van der Waals surface area contributed by atoms with Crippen LogP contribution in [0.1, 0.15) is 24.2 Å². The molecule has 0 saturated heterocycles. The van der Waals surface area contributed by atoms with E-state index in [4.69, 9.17) is 4.42 Å². The number of hydrogen-bond acceptors (Lipinski definition) is 3. The zero-order valence-corrected chi connectivity index (χ0v) is 12.4. The highest BCUT2D eigenvalue weighted by molar-refractivity contribution is 5.82. The number of allylic oxidation sites excluding steroid dienone is 4. The number of hydrogen-bond donors (Lipinski definition) is 0. The van der Waals surface area contributed by atoms with Gasteiger partial charge in [-0.2, -0.15) is 0 Å². The van der Waals surface area contributed by atoms with Crippen LogP contribution in [0.2, 0.25) is 0 Å². The van der Waals surface area contributed by atoms with E-state index in [1.165, 1.54) is 0 Å². The van der Waals surface area contributed by atoms with Crippen LogP contribution >= 0.6 is 0 Å². The van der Waals surface area contributed by atoms with Gasteiger partial charge in [-0.05, 0) is 39.1 Å². The minimum Gasteiger partial charge on any atom is -0.455 e. The van der Waals surface area contributed by atoms with Crippen LogP contribution in [0.3, 0.4) is 0 Å². The lowest BCUT2D eigenvalue weighted by Crippen LogP contribution is -2.20. The van der Waals surface area contributed by atoms with Gasteiger partial charge in [-0.3, -0.25) is 4.79 Å². The highest BCUT2D eigenvalue weighted by atomic mass is 16.3. The van der Waals surface area contributed by atoms with Crippen LogP contribution in [0.5, 0.6) is 0 Å². The molecule has 0 N–H and O–H groups in total. The monoisotopic (exact) mass is 281 g/mol. The van der Waals surface area contributed by atoms with E-state index in [2.05, 4.69) is 18.2 Å². The van der Waals surface area contributed by atoms with Crippen LogP contribution in [-0.2, 0) is 6.54 Å². The van der Waals surface area contributed by atoms with E-state index in [1.807, 2.05) is 43.3 Å². The fraction of sp³-hybridized carbons (Fsp3) is 0.278. The highest BCUT2D eigenvalue weighted by Gasteiger charge is 2.17. The standard InChI is InChI=1S/C18H19NO2/c1-19(2)12-15-17(20)14-10-6-7-11-16(14)21-18(15)13-8-4-3-5-9-13/h4,6-11H,3,5,12H2,1-2H3. The van der Waals surface area contributed by atoms with E-state index in [9.17, 15) is 4.79 Å². The van der Waals surface area contributed by atoms with Gasteiger partial charge < -0.3 is 9.32 Å². The summed E-state index contributed by atoms with van der Waals surface area (Å²) in [7, 11) is 3.92. The molecule has 0 unspecified atom stereocenters. The molecular weight excluding hydrogens is 262 g/mol. The molecule has 0 bridgehead atoms. The van der Waals surface area contributed by atoms with Crippen LogP contribution in [0.4, 0.5) is 0 Å². The highest BCUT2D eigenvalue weighted by Crippen LogP contribution is 2.26. The average molecular weight is 281 g/mol. The lowest BCUT2D eigenvalue weighted by molar-refractivity contribution is 0.394. The van der Waals surface area contributed by atoms with Gasteiger partial charge in [0.15, 0.2) is 5.43 Å². The molecule has 0 atom stereocenters. The van der Waals surface area contributed by atoms with Crippen molar-refractivity contribution >= 4 is 16.5 Å². The summed E-state index contributed by atoms with van der Waals surface area (Å²) in [6.45, 7) is 0.577. The van der Waals surface area contributed by atoms with E-state index in [0.717, 1.165) is 24.0 Å². The van der Waals surface area contributed by atoms with Crippen LogP contribution < -0.4 is 5.43 Å². The summed E-state index contributed by atoms with van der Waals surface area (Å²) < 4.78 is 6.07. The summed E-state index contributed by atoms with van der Waals surface area (Å²) in [5.41, 5.74) is 2.47. The van der Waals surface area contributed by atoms with Crippen molar-refractivity contribution in [1.82, 2.24) is 4.90 Å². The first-order chi connectivity index (χ1) is 10.2. The van der Waals surface area contributed by atoms with Crippen molar-refractivity contribution in [1.29, 1.82) is 0 Å². The van der Waals surface area contributed by atoms with Gasteiger partial charge in [-0.15, -0.1) is 0 Å². The van der Waals surface area contributed by atoms with Gasteiger partial charge in [0, 0.05) is 12.1 Å². The lowest BCUT2D eigenvalue weighted by Gasteiger charge is -2.15. The largest absolute Gasteiger partial charge is 0.455 e. The maximum atomic E-state index is 12.8. The Kier molecular flexibility index (Phi) is 3.76. The third-order valence-corrected chi connectivity index (χ3v) is 3.62. The first-order valence-electron chi connectivity index (χ1n) is 7.23. The predicted molar refractivity (Wildman–Crippen MR) is 86.2 cm³/mol. The van der Waals surface area contributed by atoms with Crippen LogP contribution in [0.25, 0.3) is 16.5 Å². The van der Waals surface area contributed by atoms with Crippen molar-refractivity contribution < 1.29 is 4.42 Å². The van der Waals surface area contributed by atoms with Gasteiger partial charge in [0.2, 0.25) is 0 Å². The molecule has 0 radical (unpaired) electrons. The molecule has 1 heterocycles. The van der Waals surface area contributed by atoms with Crippen molar-refractivity contribution in [2.24, 2.45) is 0 Å². The SMILES string of the molecule is CN(C)Cc1c(C2=CCCC=C2)oc2ccccc2c1=O. The quantitative estimate of drug-likeness (QED) is 0.862. The molecule has 1 aliphatic carbocycles. The number of benzene rings is 1. The van der Waals surface area contributed by atoms with Crippen molar-refractivity contribution in [2.45, 2.75) is 19.4 Å². The number of nitrogens with zero attached hydrogens (tertiary/aromatic N) is 1. The van der Waals surface area contributed by atoms with Crippen molar-refractivity contribution in [3.63, 3.8) is 0 Å². The summed E-state index contributed by atoms with van der Waals surface area (Å²) in [4.78, 5) is 14.8. The Labute approximate surface area is 124 Å². The first-order valence-corrected chi connectivity index (χ1v) is 7.23. The smallest absolute Gasteiger partial charge is 0.197 e. The molecule has 1 aromatic heterocycles. The Morgan fingerprint density at radius 1 is 1.19 bits per heavy atom. The zero-order chi connectivity index (χ0) is 14.8. The fourth-order valence-electron chi connectivity index (χ4n) is 2.66. The first kappa shape index (κ1) is 13.8. The van der Waals surface area contributed by atoms with Gasteiger partial charge in [0.05, 0.1) is 10.9 Å². The second-order valence-corrected chi connectivity index (χ2v) is 5.61. The minimum atomic E-state index is 0.0698. The van der Waals surface area contributed by atoms with E-state index in [-0.39, 0.29) is 5.43 Å². The second-order valence-electron chi connectivity index (χ2n) is 5.61. The molecule has 3 rings (SSSR count). The maximum Gasteiger partial charge on any atom is 0.197 e. The van der Waals surface area contributed by atoms with Crippen molar-refractivity contribution in [2.75, 3.05) is 14.1 Å². The van der Waals surface area contributed by atoms with Crippen molar-refractivity contribution in [3.05, 3.63) is 64.0 Å². The molecule has 0 amide bonds. The molecule has 0 aliphatic heterocycles. The molecule has 3 heteroatoms. The molecule has 1 aliphatic rings. The summed E-state index contributed by atoms with van der Waals surface area (Å²) in [6, 6.07) is 7.45. The molecule has 21 heavy (non-hydrogen) atoms. The van der Waals surface area contributed by atoms with Gasteiger partial charge >= 0.3 is 0 Å². The van der Waals surface area contributed by atoms with Crippen LogP contribution in [0, 0.1) is 0 Å². The number of fused-ring (bicyclic) bond motifs is 1. The van der Waals surface area contributed by atoms with Crippen LogP contribution in [-0.4, -0.2) is 19.0 Å². The zero-order valence-electron chi connectivity index (χ0n) is 12.4. The molecule has 1 aromatic carbocycles. The lowest BCUT2D eigenvalue weighted by atomic mass is 9.99. The normalized spacial score (nSPS) is 14.7. The summed E-state index contributed by atoms with van der Waals surface area (Å²) >= 11 is 0. The molecule has 108 valence electrons. The Morgan fingerprint density at radius 3 is 2.71 bits per heavy atom. The summed E-state index contributed by atoms with van der Waals surface area (Å²) in [6.07, 6.45) is 8.36. The molecular formula is C18H19NO2. The Bertz CT molecular complexity index is 781. The van der Waals surface area contributed by atoms with Gasteiger partial charge in [0.1, 0.15) is 11.3 Å². The van der Waals surface area contributed by atoms with Crippen molar-refractivity contribution in [3.8, 4) is 0 Å². The average Bonchev–Trinajstić information content (AvgIpc) is 2.50. The maximum absolute atomic E-state index is 12.8. The number of rotatable bonds is 3. The van der Waals surface area contributed by atoms with Gasteiger partial charge in [0.25, 0.3) is 0 Å². The minimum absolute atomic E-state index is 0.0698. The van der Waals surface area contributed by atoms with Crippen LogP contribution in [0.15, 0.2) is 51.7 Å². The molecule has 2 aromatic rings. The van der Waals surface area contributed by atoms with E-state index in [0.29, 0.717) is 23.3 Å². The Morgan fingerprint density at radius 2 is 2.00 bits per heavy atom. The fourth-order valence-corrected chi connectivity index (χ4v) is 2.66. The van der Waals surface area contributed by atoms with E-state index < -0.39 is 0 Å². The molecule has 0 fully saturated rings. The summed E-state index contributed by atoms with van der Waals surface area (Å²) in [5.74, 6) is 0.711. The second kappa shape index (κ2) is 5.70. The summed E-state index contributed by atoms with van der Waals surface area (Å²) in [5, 5.41) is 0.651. The predicted octanol–water partition coefficient (Wildman–Crippen LogP) is 3.59. The molecule has 3 nitrogen and oxygen atoms in total. The Balaban J connectivity index is 2.27. The third-order valence-electron chi connectivity index (χ3n) is 3.62. The molecule has 0 saturated carbocycles.